The van der Waals surface area contributed by atoms with Crippen LogP contribution in [0.15, 0.2) is 54.6 Å². The van der Waals surface area contributed by atoms with Gasteiger partial charge in [0.25, 0.3) is 0 Å². The summed E-state index contributed by atoms with van der Waals surface area (Å²) in [5.74, 6) is -1.40. The van der Waals surface area contributed by atoms with Gasteiger partial charge < -0.3 is 15.6 Å². The number of carbonyl (C=O) groups is 2. The quantitative estimate of drug-likeness (QED) is 0.666. The van der Waals surface area contributed by atoms with Gasteiger partial charge in [0, 0.05) is 6.42 Å². The van der Waals surface area contributed by atoms with Crippen LogP contribution in [0.1, 0.15) is 22.8 Å². The van der Waals surface area contributed by atoms with E-state index in [0.29, 0.717) is 0 Å². The van der Waals surface area contributed by atoms with Crippen molar-refractivity contribution in [3.8, 4) is 5.75 Å². The summed E-state index contributed by atoms with van der Waals surface area (Å²) >= 11 is 0. The Bertz CT molecular complexity index is 663. The van der Waals surface area contributed by atoms with Gasteiger partial charge in [-0.2, -0.15) is 0 Å². The van der Waals surface area contributed by atoms with E-state index in [0.717, 1.165) is 5.56 Å². The number of nitrogens with two attached hydrogens (primary N) is 1. The number of phenols is 1. The summed E-state index contributed by atoms with van der Waals surface area (Å²) in [5, 5.41) is 9.24. The SMILES string of the molecule is C[C@](N)(Cc1ccc(O)cc1)C(=O)OC(=O)c1ccccc1. The van der Waals surface area contributed by atoms with Crippen molar-refractivity contribution in [1.29, 1.82) is 0 Å². The minimum atomic E-state index is -1.35. The van der Waals surface area contributed by atoms with E-state index in [1.807, 2.05) is 0 Å². The number of hydrogen-bond acceptors (Lipinski definition) is 5. The Balaban J connectivity index is 2.04. The van der Waals surface area contributed by atoms with E-state index in [2.05, 4.69) is 0 Å². The van der Waals surface area contributed by atoms with Crippen LogP contribution in [0.2, 0.25) is 0 Å². The average Bonchev–Trinajstić information content (AvgIpc) is 2.50. The highest BCUT2D eigenvalue weighted by molar-refractivity contribution is 5.99. The second-order valence-corrected chi connectivity index (χ2v) is 5.30. The van der Waals surface area contributed by atoms with Crippen LogP contribution in [0, 0.1) is 0 Å². The van der Waals surface area contributed by atoms with Gasteiger partial charge in [0.05, 0.1) is 5.56 Å². The Labute approximate surface area is 128 Å². The molecule has 0 saturated carbocycles. The minimum absolute atomic E-state index is 0.129. The molecule has 5 heteroatoms. The number of carbonyl (C=O) groups excluding carboxylic acids is 2. The highest BCUT2D eigenvalue weighted by atomic mass is 16.6. The van der Waals surface area contributed by atoms with Gasteiger partial charge in [-0.1, -0.05) is 30.3 Å². The molecule has 5 nitrogen and oxygen atoms in total. The number of esters is 2. The Morgan fingerprint density at radius 1 is 1.09 bits per heavy atom. The largest absolute Gasteiger partial charge is 0.508 e. The van der Waals surface area contributed by atoms with Gasteiger partial charge in [0.2, 0.25) is 0 Å². The molecule has 22 heavy (non-hydrogen) atoms. The summed E-state index contributed by atoms with van der Waals surface area (Å²) in [5.41, 5.74) is 5.67. The molecule has 0 amide bonds. The lowest BCUT2D eigenvalue weighted by Gasteiger charge is -2.21. The lowest BCUT2D eigenvalue weighted by atomic mass is 9.94. The van der Waals surface area contributed by atoms with Crippen LogP contribution in [-0.2, 0) is 16.0 Å². The number of ether oxygens (including phenoxy) is 1. The van der Waals surface area contributed by atoms with Crippen LogP contribution in [0.3, 0.4) is 0 Å². The first-order valence-electron chi connectivity index (χ1n) is 6.77. The fourth-order valence-electron chi connectivity index (χ4n) is 1.94. The Morgan fingerprint density at radius 2 is 1.68 bits per heavy atom. The molecule has 114 valence electrons. The number of rotatable bonds is 4. The number of hydrogen-bond donors (Lipinski definition) is 2. The second-order valence-electron chi connectivity index (χ2n) is 5.30. The second kappa shape index (κ2) is 6.41. The van der Waals surface area contributed by atoms with Crippen LogP contribution in [0.5, 0.6) is 5.75 Å². The molecule has 1 atom stereocenters. The molecular weight excluding hydrogens is 282 g/mol. The molecule has 0 aliphatic rings. The zero-order valence-electron chi connectivity index (χ0n) is 12.2. The smallest absolute Gasteiger partial charge is 0.345 e. The maximum Gasteiger partial charge on any atom is 0.345 e. The molecule has 0 aromatic heterocycles. The molecule has 0 saturated heterocycles. The summed E-state index contributed by atoms with van der Waals surface area (Å²) in [4.78, 5) is 24.0. The minimum Gasteiger partial charge on any atom is -0.508 e. The van der Waals surface area contributed by atoms with Crippen molar-refractivity contribution >= 4 is 11.9 Å². The molecule has 0 spiro atoms. The topological polar surface area (TPSA) is 89.6 Å². The summed E-state index contributed by atoms with van der Waals surface area (Å²) < 4.78 is 4.84. The zero-order chi connectivity index (χ0) is 16.2. The molecule has 2 aromatic carbocycles. The molecule has 0 bridgehead atoms. The highest BCUT2D eigenvalue weighted by Gasteiger charge is 2.32. The Morgan fingerprint density at radius 3 is 2.27 bits per heavy atom. The third kappa shape index (κ3) is 3.93. The van der Waals surface area contributed by atoms with Gasteiger partial charge in [0.1, 0.15) is 11.3 Å². The van der Waals surface area contributed by atoms with Crippen molar-refractivity contribution in [2.24, 2.45) is 5.73 Å². The van der Waals surface area contributed by atoms with Gasteiger partial charge >= 0.3 is 11.9 Å². The van der Waals surface area contributed by atoms with Crippen LogP contribution in [-0.4, -0.2) is 22.6 Å². The molecule has 0 heterocycles. The summed E-state index contributed by atoms with van der Waals surface area (Å²) in [6.07, 6.45) is 0.189. The van der Waals surface area contributed by atoms with Crippen LogP contribution < -0.4 is 5.73 Å². The van der Waals surface area contributed by atoms with Crippen molar-refractivity contribution in [3.63, 3.8) is 0 Å². The van der Waals surface area contributed by atoms with E-state index < -0.39 is 17.5 Å². The average molecular weight is 299 g/mol. The highest BCUT2D eigenvalue weighted by Crippen LogP contribution is 2.16. The molecule has 2 aromatic rings. The number of benzene rings is 2. The third-order valence-electron chi connectivity index (χ3n) is 3.17. The van der Waals surface area contributed by atoms with Gasteiger partial charge in [-0.25, -0.2) is 9.59 Å². The zero-order valence-corrected chi connectivity index (χ0v) is 12.2. The predicted octanol–water partition coefficient (Wildman–Crippen LogP) is 2.04. The summed E-state index contributed by atoms with van der Waals surface area (Å²) in [6, 6.07) is 14.6. The monoisotopic (exact) mass is 299 g/mol. The first kappa shape index (κ1) is 15.7. The van der Waals surface area contributed by atoms with E-state index >= 15 is 0 Å². The lowest BCUT2D eigenvalue weighted by molar-refractivity contribution is -0.143. The van der Waals surface area contributed by atoms with Crippen LogP contribution in [0.4, 0.5) is 0 Å². The summed E-state index contributed by atoms with van der Waals surface area (Å²) in [6.45, 7) is 1.50. The summed E-state index contributed by atoms with van der Waals surface area (Å²) in [7, 11) is 0. The predicted molar refractivity (Wildman–Crippen MR) is 81.3 cm³/mol. The van der Waals surface area contributed by atoms with E-state index in [9.17, 15) is 14.7 Å². The molecule has 0 aliphatic carbocycles. The molecule has 0 unspecified atom stereocenters. The maximum absolute atomic E-state index is 12.1. The maximum atomic E-state index is 12.1. The van der Waals surface area contributed by atoms with Gasteiger partial charge in [-0.05, 0) is 36.8 Å². The van der Waals surface area contributed by atoms with Crippen LogP contribution >= 0.6 is 0 Å². The fraction of sp³-hybridized carbons (Fsp3) is 0.176. The van der Waals surface area contributed by atoms with E-state index in [4.69, 9.17) is 10.5 Å². The molecule has 2 rings (SSSR count). The van der Waals surface area contributed by atoms with Crippen molar-refractivity contribution in [2.75, 3.05) is 0 Å². The first-order chi connectivity index (χ1) is 10.4. The molecular formula is C17H17NO4. The van der Waals surface area contributed by atoms with Crippen molar-refractivity contribution in [1.82, 2.24) is 0 Å². The van der Waals surface area contributed by atoms with Crippen molar-refractivity contribution in [2.45, 2.75) is 18.9 Å². The Hall–Kier alpha value is -2.66. The van der Waals surface area contributed by atoms with E-state index in [-0.39, 0.29) is 17.7 Å². The number of phenolic OH excluding ortho intramolecular Hbond substituents is 1. The molecule has 3 N–H and O–H groups in total. The van der Waals surface area contributed by atoms with E-state index in [1.54, 1.807) is 42.5 Å². The standard InChI is InChI=1S/C17H17NO4/c1-17(18,11-12-7-9-14(19)10-8-12)16(21)22-15(20)13-5-3-2-4-6-13/h2-10,19H,11,18H2,1H3/t17-/m0/s1. The molecule has 0 aliphatic heterocycles. The lowest BCUT2D eigenvalue weighted by Crippen LogP contribution is -2.48. The Kier molecular flexibility index (Phi) is 4.58. The fourth-order valence-corrected chi connectivity index (χ4v) is 1.94. The van der Waals surface area contributed by atoms with Crippen molar-refractivity contribution in [3.05, 3.63) is 65.7 Å². The van der Waals surface area contributed by atoms with Gasteiger partial charge in [0.15, 0.2) is 0 Å². The van der Waals surface area contributed by atoms with Gasteiger partial charge in [-0.3, -0.25) is 0 Å². The number of aromatic hydroxyl groups is 1. The first-order valence-corrected chi connectivity index (χ1v) is 6.77. The van der Waals surface area contributed by atoms with Crippen molar-refractivity contribution < 1.29 is 19.4 Å². The normalized spacial score (nSPS) is 13.2. The third-order valence-corrected chi connectivity index (χ3v) is 3.17. The molecule has 0 fully saturated rings. The van der Waals surface area contributed by atoms with Gasteiger partial charge in [-0.15, -0.1) is 0 Å². The van der Waals surface area contributed by atoms with E-state index in [1.165, 1.54) is 19.1 Å². The van der Waals surface area contributed by atoms with Crippen LogP contribution in [0.25, 0.3) is 0 Å². The molecule has 0 radical (unpaired) electrons.